The maximum Gasteiger partial charge on any atom is 0.330 e. The molecule has 0 heterocycles. The molecule has 0 radical (unpaired) electrons. The van der Waals surface area contributed by atoms with Gasteiger partial charge in [0.2, 0.25) is 0 Å². The third-order valence-electron chi connectivity index (χ3n) is 2.25. The number of esters is 1. The normalized spacial score (nSPS) is 10.6. The fraction of sp³-hybridized carbons (Fsp3) is 0.308. The Bertz CT molecular complexity index is 397. The molecule has 0 spiro atoms. The smallest absolute Gasteiger partial charge is 0.330 e. The first-order valence-corrected chi connectivity index (χ1v) is 5.40. The summed E-state index contributed by atoms with van der Waals surface area (Å²) >= 11 is 0. The van der Waals surface area contributed by atoms with Crippen LogP contribution in [0.15, 0.2) is 24.3 Å². The molecule has 0 saturated carbocycles. The molecule has 0 amide bonds. The van der Waals surface area contributed by atoms with Crippen molar-refractivity contribution in [3.8, 4) is 0 Å². The molecule has 3 heteroatoms. The minimum absolute atomic E-state index is 0.344. The van der Waals surface area contributed by atoms with Gasteiger partial charge in [0.1, 0.15) is 0 Å². The van der Waals surface area contributed by atoms with Crippen molar-refractivity contribution in [2.75, 3.05) is 12.3 Å². The van der Waals surface area contributed by atoms with Crippen molar-refractivity contribution in [1.82, 2.24) is 0 Å². The average molecular weight is 219 g/mol. The zero-order chi connectivity index (χ0) is 12.0. The summed E-state index contributed by atoms with van der Waals surface area (Å²) in [4.78, 5) is 11.1. The predicted molar refractivity (Wildman–Crippen MR) is 65.9 cm³/mol. The van der Waals surface area contributed by atoms with E-state index in [1.54, 1.807) is 13.0 Å². The highest BCUT2D eigenvalue weighted by Crippen LogP contribution is 2.16. The molecule has 1 rings (SSSR count). The van der Waals surface area contributed by atoms with E-state index in [0.29, 0.717) is 12.3 Å². The van der Waals surface area contributed by atoms with Gasteiger partial charge in [0.15, 0.2) is 0 Å². The maximum absolute atomic E-state index is 11.1. The van der Waals surface area contributed by atoms with Crippen molar-refractivity contribution in [3.63, 3.8) is 0 Å². The van der Waals surface area contributed by atoms with Crippen LogP contribution in [0, 0.1) is 0 Å². The van der Waals surface area contributed by atoms with Crippen LogP contribution in [0.2, 0.25) is 0 Å². The highest BCUT2D eigenvalue weighted by Gasteiger charge is 1.99. The minimum Gasteiger partial charge on any atom is -0.463 e. The molecular weight excluding hydrogens is 202 g/mol. The molecule has 0 bridgehead atoms. The monoisotopic (exact) mass is 219 g/mol. The van der Waals surface area contributed by atoms with Gasteiger partial charge in [0.25, 0.3) is 0 Å². The summed E-state index contributed by atoms with van der Waals surface area (Å²) in [5.74, 6) is -0.344. The summed E-state index contributed by atoms with van der Waals surface area (Å²) in [6, 6.07) is 5.81. The predicted octanol–water partition coefficient (Wildman–Crippen LogP) is 2.41. The number of hydrogen-bond acceptors (Lipinski definition) is 3. The molecule has 2 N–H and O–H groups in total. The molecule has 0 aliphatic heterocycles. The summed E-state index contributed by atoms with van der Waals surface area (Å²) in [7, 11) is 0. The van der Waals surface area contributed by atoms with E-state index in [0.717, 1.165) is 12.0 Å². The Labute approximate surface area is 95.9 Å². The number of benzene rings is 1. The zero-order valence-electron chi connectivity index (χ0n) is 9.69. The van der Waals surface area contributed by atoms with Gasteiger partial charge in [-0.1, -0.05) is 13.0 Å². The Morgan fingerprint density at radius 3 is 2.81 bits per heavy atom. The highest BCUT2D eigenvalue weighted by atomic mass is 16.5. The molecule has 0 aliphatic carbocycles. The largest absolute Gasteiger partial charge is 0.463 e. The molecule has 86 valence electrons. The van der Waals surface area contributed by atoms with E-state index in [4.69, 9.17) is 10.5 Å². The molecule has 1 aromatic rings. The van der Waals surface area contributed by atoms with Crippen molar-refractivity contribution in [3.05, 3.63) is 35.4 Å². The lowest BCUT2D eigenvalue weighted by Crippen LogP contribution is -1.99. The van der Waals surface area contributed by atoms with E-state index in [-0.39, 0.29) is 5.97 Å². The number of ether oxygens (including phenoxy) is 1. The van der Waals surface area contributed by atoms with Crippen molar-refractivity contribution in [2.24, 2.45) is 0 Å². The van der Waals surface area contributed by atoms with Gasteiger partial charge >= 0.3 is 5.97 Å². The lowest BCUT2D eigenvalue weighted by Gasteiger charge is -2.03. The first-order valence-electron chi connectivity index (χ1n) is 5.40. The van der Waals surface area contributed by atoms with Gasteiger partial charge in [0, 0.05) is 11.8 Å². The fourth-order valence-electron chi connectivity index (χ4n) is 1.34. The van der Waals surface area contributed by atoms with Gasteiger partial charge in [0.05, 0.1) is 6.61 Å². The molecule has 16 heavy (non-hydrogen) atoms. The Hall–Kier alpha value is -1.77. The van der Waals surface area contributed by atoms with Gasteiger partial charge in [-0.3, -0.25) is 0 Å². The number of nitrogen functional groups attached to an aromatic ring is 1. The van der Waals surface area contributed by atoms with E-state index in [1.807, 2.05) is 18.2 Å². The van der Waals surface area contributed by atoms with Gasteiger partial charge < -0.3 is 10.5 Å². The van der Waals surface area contributed by atoms with Crippen LogP contribution in [-0.2, 0) is 16.0 Å². The Kier molecular flexibility index (Phi) is 4.58. The van der Waals surface area contributed by atoms with Gasteiger partial charge in [-0.15, -0.1) is 0 Å². The SMILES string of the molecule is CCOC(=O)C=Cc1cc(CC)ccc1N. The summed E-state index contributed by atoms with van der Waals surface area (Å²) in [5, 5.41) is 0. The molecule has 0 fully saturated rings. The van der Waals surface area contributed by atoms with Crippen LogP contribution < -0.4 is 5.73 Å². The van der Waals surface area contributed by atoms with Crippen LogP contribution in [0.5, 0.6) is 0 Å². The summed E-state index contributed by atoms with van der Waals surface area (Å²) in [6.45, 7) is 4.23. The van der Waals surface area contributed by atoms with E-state index < -0.39 is 0 Å². The zero-order valence-corrected chi connectivity index (χ0v) is 9.69. The lowest BCUT2D eigenvalue weighted by molar-refractivity contribution is -0.137. The Morgan fingerprint density at radius 2 is 2.19 bits per heavy atom. The van der Waals surface area contributed by atoms with Crippen LogP contribution in [0.4, 0.5) is 5.69 Å². The molecule has 3 nitrogen and oxygen atoms in total. The standard InChI is InChI=1S/C13H17NO2/c1-3-10-5-7-12(14)11(9-10)6-8-13(15)16-4-2/h5-9H,3-4,14H2,1-2H3. The Morgan fingerprint density at radius 1 is 1.44 bits per heavy atom. The third kappa shape index (κ3) is 3.42. The lowest BCUT2D eigenvalue weighted by atomic mass is 10.1. The number of carbonyl (C=O) groups is 1. The van der Waals surface area contributed by atoms with Gasteiger partial charge in [-0.2, -0.15) is 0 Å². The van der Waals surface area contributed by atoms with Gasteiger partial charge in [-0.25, -0.2) is 4.79 Å². The van der Waals surface area contributed by atoms with Crippen LogP contribution >= 0.6 is 0 Å². The quantitative estimate of drug-likeness (QED) is 0.480. The second kappa shape index (κ2) is 5.95. The highest BCUT2D eigenvalue weighted by molar-refractivity contribution is 5.88. The maximum atomic E-state index is 11.1. The van der Waals surface area contributed by atoms with E-state index >= 15 is 0 Å². The van der Waals surface area contributed by atoms with Crippen molar-refractivity contribution in [1.29, 1.82) is 0 Å². The number of rotatable bonds is 4. The topological polar surface area (TPSA) is 52.3 Å². The van der Waals surface area contributed by atoms with E-state index in [1.165, 1.54) is 11.6 Å². The second-order valence-corrected chi connectivity index (χ2v) is 3.40. The number of hydrogen-bond donors (Lipinski definition) is 1. The summed E-state index contributed by atoms with van der Waals surface area (Å²) in [6.07, 6.45) is 4.03. The molecule has 0 unspecified atom stereocenters. The Balaban J connectivity index is 2.83. The molecule has 0 atom stereocenters. The van der Waals surface area contributed by atoms with Crippen molar-refractivity contribution < 1.29 is 9.53 Å². The molecular formula is C13H17NO2. The van der Waals surface area contributed by atoms with Crippen LogP contribution in [0.3, 0.4) is 0 Å². The van der Waals surface area contributed by atoms with E-state index in [2.05, 4.69) is 6.92 Å². The minimum atomic E-state index is -0.344. The van der Waals surface area contributed by atoms with Crippen molar-refractivity contribution >= 4 is 17.7 Å². The fourth-order valence-corrected chi connectivity index (χ4v) is 1.34. The average Bonchev–Trinajstić information content (AvgIpc) is 2.28. The summed E-state index contributed by atoms with van der Waals surface area (Å²) < 4.78 is 4.79. The number of carbonyl (C=O) groups excluding carboxylic acids is 1. The molecule has 0 saturated heterocycles. The molecule has 1 aromatic carbocycles. The van der Waals surface area contributed by atoms with E-state index in [9.17, 15) is 4.79 Å². The first-order chi connectivity index (χ1) is 7.67. The molecule has 0 aliphatic rings. The molecule has 0 aromatic heterocycles. The second-order valence-electron chi connectivity index (χ2n) is 3.40. The van der Waals surface area contributed by atoms with Crippen LogP contribution in [0.25, 0.3) is 6.08 Å². The summed E-state index contributed by atoms with van der Waals surface area (Å²) in [5.41, 5.74) is 8.51. The first kappa shape index (κ1) is 12.3. The van der Waals surface area contributed by atoms with Crippen LogP contribution in [-0.4, -0.2) is 12.6 Å². The van der Waals surface area contributed by atoms with Gasteiger partial charge in [-0.05, 0) is 42.7 Å². The number of aryl methyl sites for hydroxylation is 1. The number of nitrogens with two attached hydrogens (primary N) is 1. The third-order valence-corrected chi connectivity index (χ3v) is 2.25. The number of anilines is 1. The van der Waals surface area contributed by atoms with Crippen LogP contribution in [0.1, 0.15) is 25.0 Å². The van der Waals surface area contributed by atoms with Crippen molar-refractivity contribution in [2.45, 2.75) is 20.3 Å².